The lowest BCUT2D eigenvalue weighted by Crippen LogP contribution is -2.19. The van der Waals surface area contributed by atoms with E-state index in [4.69, 9.17) is 4.74 Å². The molecule has 16 heavy (non-hydrogen) atoms. The van der Waals surface area contributed by atoms with E-state index < -0.39 is 0 Å². The average Bonchev–Trinajstić information content (AvgIpc) is 2.35. The highest BCUT2D eigenvalue weighted by Crippen LogP contribution is 2.18. The van der Waals surface area contributed by atoms with Crippen LogP contribution in [-0.2, 0) is 11.2 Å². The molecule has 1 aromatic carbocycles. The number of rotatable bonds is 6. The minimum absolute atomic E-state index is 0.0915. The Kier molecular flexibility index (Phi) is 5.03. The quantitative estimate of drug-likeness (QED) is 0.735. The summed E-state index contributed by atoms with van der Waals surface area (Å²) in [5, 5.41) is 0. The predicted molar refractivity (Wildman–Crippen MR) is 65.8 cm³/mol. The van der Waals surface area contributed by atoms with Crippen LogP contribution in [0.4, 0.5) is 0 Å². The molecule has 2 nitrogen and oxygen atoms in total. The third-order valence-electron chi connectivity index (χ3n) is 2.89. The van der Waals surface area contributed by atoms with Gasteiger partial charge >= 0.3 is 0 Å². The topological polar surface area (TPSA) is 26.3 Å². The molecule has 0 aliphatic carbocycles. The Morgan fingerprint density at radius 2 is 2.00 bits per heavy atom. The van der Waals surface area contributed by atoms with Crippen molar-refractivity contribution >= 4 is 5.78 Å². The van der Waals surface area contributed by atoms with Gasteiger partial charge in [-0.2, -0.15) is 0 Å². The van der Waals surface area contributed by atoms with Gasteiger partial charge in [-0.25, -0.2) is 0 Å². The number of ether oxygens (including phenoxy) is 1. The molecule has 0 aromatic heterocycles. The molecule has 0 saturated heterocycles. The maximum Gasteiger partial charge on any atom is 0.172 e. The number of hydrogen-bond acceptors (Lipinski definition) is 2. The van der Waals surface area contributed by atoms with E-state index in [0.717, 1.165) is 24.2 Å². The number of benzene rings is 1. The van der Waals surface area contributed by atoms with Gasteiger partial charge in [0.1, 0.15) is 12.4 Å². The van der Waals surface area contributed by atoms with E-state index in [0.29, 0.717) is 0 Å². The summed E-state index contributed by atoms with van der Waals surface area (Å²) in [5.41, 5.74) is 1.15. The van der Waals surface area contributed by atoms with Crippen LogP contribution in [0.3, 0.4) is 0 Å². The highest BCUT2D eigenvalue weighted by Gasteiger charge is 2.11. The number of ketones is 1. The fourth-order valence-corrected chi connectivity index (χ4v) is 1.46. The van der Waals surface area contributed by atoms with Crippen molar-refractivity contribution in [1.82, 2.24) is 0 Å². The molecule has 1 rings (SSSR count). The molecule has 0 radical (unpaired) electrons. The molecule has 1 aromatic rings. The zero-order chi connectivity index (χ0) is 12.0. The van der Waals surface area contributed by atoms with Gasteiger partial charge in [-0.05, 0) is 24.5 Å². The van der Waals surface area contributed by atoms with Crippen LogP contribution in [0.1, 0.15) is 32.8 Å². The second-order valence-electron chi connectivity index (χ2n) is 4.03. The standard InChI is InChI=1S/C14H20O2/c1-4-11(3)13(15)10-16-14-9-7-6-8-12(14)5-2/h6-9,11H,4-5,10H2,1-3H3. The largest absolute Gasteiger partial charge is 0.486 e. The van der Waals surface area contributed by atoms with Crippen molar-refractivity contribution in [3.8, 4) is 5.75 Å². The van der Waals surface area contributed by atoms with Gasteiger partial charge in [0.2, 0.25) is 0 Å². The zero-order valence-corrected chi connectivity index (χ0v) is 10.3. The summed E-state index contributed by atoms with van der Waals surface area (Å²) in [6.07, 6.45) is 1.80. The van der Waals surface area contributed by atoms with Crippen molar-refractivity contribution < 1.29 is 9.53 Å². The van der Waals surface area contributed by atoms with Crippen molar-refractivity contribution in [3.05, 3.63) is 29.8 Å². The molecular formula is C14H20O2. The molecule has 2 heteroatoms. The first-order chi connectivity index (χ1) is 7.69. The summed E-state index contributed by atoms with van der Waals surface area (Å²) < 4.78 is 5.56. The van der Waals surface area contributed by atoms with E-state index in [1.807, 2.05) is 38.1 Å². The number of aryl methyl sites for hydroxylation is 1. The smallest absolute Gasteiger partial charge is 0.172 e. The minimum atomic E-state index is 0.0915. The first-order valence-electron chi connectivity index (χ1n) is 5.92. The molecule has 0 aliphatic heterocycles. The minimum Gasteiger partial charge on any atom is -0.486 e. The maximum absolute atomic E-state index is 11.6. The number of carbonyl (C=O) groups excluding carboxylic acids is 1. The summed E-state index contributed by atoms with van der Waals surface area (Å²) in [5.74, 6) is 1.10. The van der Waals surface area contributed by atoms with Gasteiger partial charge in [0, 0.05) is 5.92 Å². The van der Waals surface area contributed by atoms with Crippen LogP contribution in [0.5, 0.6) is 5.75 Å². The van der Waals surface area contributed by atoms with Crippen molar-refractivity contribution in [2.45, 2.75) is 33.6 Å². The maximum atomic E-state index is 11.6. The van der Waals surface area contributed by atoms with Crippen LogP contribution in [0.15, 0.2) is 24.3 Å². The molecule has 1 unspecified atom stereocenters. The molecule has 1 atom stereocenters. The Balaban J connectivity index is 2.57. The monoisotopic (exact) mass is 220 g/mol. The Morgan fingerprint density at radius 3 is 2.62 bits per heavy atom. The van der Waals surface area contributed by atoms with Gasteiger partial charge in [0.05, 0.1) is 0 Å². The molecule has 0 N–H and O–H groups in total. The fraction of sp³-hybridized carbons (Fsp3) is 0.500. The first kappa shape index (κ1) is 12.8. The van der Waals surface area contributed by atoms with Crippen LogP contribution in [0.2, 0.25) is 0 Å². The lowest BCUT2D eigenvalue weighted by Gasteiger charge is -2.11. The summed E-state index contributed by atoms with van der Waals surface area (Å²) in [6.45, 7) is 6.23. The third kappa shape index (κ3) is 3.37. The predicted octanol–water partition coefficient (Wildman–Crippen LogP) is 3.24. The van der Waals surface area contributed by atoms with E-state index in [1.165, 1.54) is 0 Å². The van der Waals surface area contributed by atoms with E-state index in [9.17, 15) is 4.79 Å². The van der Waals surface area contributed by atoms with Crippen LogP contribution in [-0.4, -0.2) is 12.4 Å². The van der Waals surface area contributed by atoms with Crippen molar-refractivity contribution in [2.24, 2.45) is 5.92 Å². The molecule has 88 valence electrons. The van der Waals surface area contributed by atoms with Gasteiger partial charge in [-0.3, -0.25) is 4.79 Å². The van der Waals surface area contributed by atoms with Crippen molar-refractivity contribution in [1.29, 1.82) is 0 Å². The molecule has 0 fully saturated rings. The lowest BCUT2D eigenvalue weighted by molar-refractivity contribution is -0.124. The van der Waals surface area contributed by atoms with E-state index in [-0.39, 0.29) is 18.3 Å². The number of Topliss-reactive ketones (excluding diaryl/α,β-unsaturated/α-hetero) is 1. The Morgan fingerprint density at radius 1 is 1.31 bits per heavy atom. The average molecular weight is 220 g/mol. The highest BCUT2D eigenvalue weighted by molar-refractivity contribution is 5.82. The third-order valence-corrected chi connectivity index (χ3v) is 2.89. The number of hydrogen-bond donors (Lipinski definition) is 0. The van der Waals surface area contributed by atoms with Crippen LogP contribution in [0, 0.1) is 5.92 Å². The first-order valence-corrected chi connectivity index (χ1v) is 5.92. The molecule has 0 amide bonds. The Hall–Kier alpha value is -1.31. The van der Waals surface area contributed by atoms with E-state index >= 15 is 0 Å². The van der Waals surface area contributed by atoms with Gasteiger partial charge < -0.3 is 4.74 Å². The Bertz CT molecular complexity index is 344. The molecule has 0 aliphatic rings. The molecule has 0 spiro atoms. The van der Waals surface area contributed by atoms with Crippen LogP contribution >= 0.6 is 0 Å². The lowest BCUT2D eigenvalue weighted by atomic mass is 10.0. The molecule has 0 saturated carbocycles. The van der Waals surface area contributed by atoms with Crippen molar-refractivity contribution in [3.63, 3.8) is 0 Å². The van der Waals surface area contributed by atoms with Gasteiger partial charge in [0.25, 0.3) is 0 Å². The summed E-state index contributed by atoms with van der Waals surface area (Å²) in [6, 6.07) is 7.87. The molecule has 0 bridgehead atoms. The van der Waals surface area contributed by atoms with Crippen molar-refractivity contribution in [2.75, 3.05) is 6.61 Å². The SMILES string of the molecule is CCc1ccccc1OCC(=O)C(C)CC. The van der Waals surface area contributed by atoms with Crippen LogP contribution in [0.25, 0.3) is 0 Å². The van der Waals surface area contributed by atoms with E-state index in [2.05, 4.69) is 6.92 Å². The van der Waals surface area contributed by atoms with Gasteiger partial charge in [-0.15, -0.1) is 0 Å². The second kappa shape index (κ2) is 6.31. The number of para-hydroxylation sites is 1. The highest BCUT2D eigenvalue weighted by atomic mass is 16.5. The fourth-order valence-electron chi connectivity index (χ4n) is 1.46. The summed E-state index contributed by atoms with van der Waals surface area (Å²) >= 11 is 0. The summed E-state index contributed by atoms with van der Waals surface area (Å²) in [4.78, 5) is 11.6. The van der Waals surface area contributed by atoms with E-state index in [1.54, 1.807) is 0 Å². The van der Waals surface area contributed by atoms with Gasteiger partial charge in [0.15, 0.2) is 5.78 Å². The van der Waals surface area contributed by atoms with Crippen LogP contribution < -0.4 is 4.74 Å². The molecule has 0 heterocycles. The molecular weight excluding hydrogens is 200 g/mol. The zero-order valence-electron chi connectivity index (χ0n) is 10.3. The second-order valence-corrected chi connectivity index (χ2v) is 4.03. The number of carbonyl (C=O) groups is 1. The summed E-state index contributed by atoms with van der Waals surface area (Å²) in [7, 11) is 0. The normalized spacial score (nSPS) is 12.2. The van der Waals surface area contributed by atoms with Gasteiger partial charge in [-0.1, -0.05) is 39.0 Å². The Labute approximate surface area is 97.6 Å².